The molecule has 0 radical (unpaired) electrons. The number of nitrogens with zero attached hydrogens (tertiary/aromatic N) is 2. The van der Waals surface area contributed by atoms with Crippen molar-refractivity contribution in [2.45, 2.75) is 6.92 Å². The molecule has 0 atom stereocenters. The average Bonchev–Trinajstić information content (AvgIpc) is 2.32. The van der Waals surface area contributed by atoms with Gasteiger partial charge in [0.15, 0.2) is 5.65 Å². The predicted molar refractivity (Wildman–Crippen MR) is 49.9 cm³/mol. The Morgan fingerprint density at radius 3 is 3.08 bits per heavy atom. The molecule has 2 aromatic heterocycles. The lowest BCUT2D eigenvalue weighted by Gasteiger charge is -1.94. The molecule has 0 aliphatic heterocycles. The molecule has 0 aromatic carbocycles. The number of fused-ring (bicyclic) bond motifs is 1. The number of hydrogen-bond donors (Lipinski definition) is 2. The molecule has 2 aromatic rings. The van der Waals surface area contributed by atoms with Crippen LogP contribution in [0.3, 0.4) is 0 Å². The van der Waals surface area contributed by atoms with Crippen LogP contribution in [-0.4, -0.2) is 19.7 Å². The average molecular weight is 244 g/mol. The van der Waals surface area contributed by atoms with Crippen molar-refractivity contribution in [3.05, 3.63) is 26.6 Å². The number of hydrogen-bond acceptors (Lipinski definition) is 3. The summed E-state index contributed by atoms with van der Waals surface area (Å²) >= 11 is 3.25. The predicted octanol–water partition coefficient (Wildman–Crippen LogP) is 0.799. The Balaban J connectivity index is 3.03. The van der Waals surface area contributed by atoms with Crippen LogP contribution >= 0.6 is 15.9 Å². The van der Waals surface area contributed by atoms with Crippen molar-refractivity contribution in [1.29, 1.82) is 0 Å². The summed E-state index contributed by atoms with van der Waals surface area (Å²) < 4.78 is 1.95. The Morgan fingerprint density at radius 1 is 1.69 bits per heavy atom. The Kier molecular flexibility index (Phi) is 1.66. The first-order valence-corrected chi connectivity index (χ1v) is 4.36. The van der Waals surface area contributed by atoms with Crippen molar-refractivity contribution in [2.24, 2.45) is 0 Å². The van der Waals surface area contributed by atoms with Crippen LogP contribution in [0.4, 0.5) is 0 Å². The minimum atomic E-state index is -0.356. The smallest absolute Gasteiger partial charge is 0.254 e. The molecule has 0 spiro atoms. The SMILES string of the molecule is Cc1nn2c(O)cc(=O)[nH]c2c1Br. The Labute approximate surface area is 81.1 Å². The van der Waals surface area contributed by atoms with E-state index < -0.39 is 0 Å². The quantitative estimate of drug-likeness (QED) is 0.720. The maximum atomic E-state index is 11.0. The second kappa shape index (κ2) is 2.59. The molecule has 0 aliphatic rings. The van der Waals surface area contributed by atoms with E-state index in [0.29, 0.717) is 15.8 Å². The summed E-state index contributed by atoms with van der Waals surface area (Å²) in [5, 5.41) is 13.4. The van der Waals surface area contributed by atoms with Crippen LogP contribution in [0, 0.1) is 6.92 Å². The van der Waals surface area contributed by atoms with Crippen molar-refractivity contribution < 1.29 is 5.11 Å². The number of aromatic amines is 1. The van der Waals surface area contributed by atoms with Crippen LogP contribution < -0.4 is 5.56 Å². The summed E-state index contributed by atoms with van der Waals surface area (Å²) in [5.74, 6) is -0.174. The van der Waals surface area contributed by atoms with Crippen LogP contribution in [0.1, 0.15) is 5.69 Å². The molecule has 6 heteroatoms. The van der Waals surface area contributed by atoms with Gasteiger partial charge in [0.05, 0.1) is 16.2 Å². The molecule has 0 aliphatic carbocycles. The molecule has 0 saturated carbocycles. The van der Waals surface area contributed by atoms with Gasteiger partial charge in [-0.1, -0.05) is 0 Å². The molecule has 0 amide bonds. The van der Waals surface area contributed by atoms with Crippen molar-refractivity contribution >= 4 is 21.6 Å². The molecule has 13 heavy (non-hydrogen) atoms. The van der Waals surface area contributed by atoms with Gasteiger partial charge in [0, 0.05) is 0 Å². The van der Waals surface area contributed by atoms with E-state index in [0.717, 1.165) is 6.07 Å². The lowest BCUT2D eigenvalue weighted by Crippen LogP contribution is -2.06. The first kappa shape index (κ1) is 8.31. The third kappa shape index (κ3) is 1.14. The van der Waals surface area contributed by atoms with Crippen molar-refractivity contribution in [3.63, 3.8) is 0 Å². The Hall–Kier alpha value is -1.30. The maximum absolute atomic E-state index is 11.0. The zero-order valence-electron chi connectivity index (χ0n) is 6.71. The summed E-state index contributed by atoms with van der Waals surface area (Å²) in [5.41, 5.74) is 0.810. The van der Waals surface area contributed by atoms with E-state index in [2.05, 4.69) is 26.0 Å². The zero-order valence-corrected chi connectivity index (χ0v) is 8.29. The lowest BCUT2D eigenvalue weighted by molar-refractivity contribution is 0.434. The highest BCUT2D eigenvalue weighted by atomic mass is 79.9. The largest absolute Gasteiger partial charge is 0.493 e. The highest BCUT2D eigenvalue weighted by Gasteiger charge is 2.09. The Morgan fingerprint density at radius 2 is 2.38 bits per heavy atom. The van der Waals surface area contributed by atoms with Gasteiger partial charge in [-0.2, -0.15) is 9.61 Å². The minimum Gasteiger partial charge on any atom is -0.493 e. The molecular weight excluding hydrogens is 238 g/mol. The van der Waals surface area contributed by atoms with Gasteiger partial charge in [0.2, 0.25) is 5.88 Å². The fourth-order valence-corrected chi connectivity index (χ4v) is 1.46. The normalized spacial score (nSPS) is 10.9. The van der Waals surface area contributed by atoms with Crippen LogP contribution in [0.2, 0.25) is 0 Å². The topological polar surface area (TPSA) is 70.4 Å². The molecule has 2 rings (SSSR count). The summed E-state index contributed by atoms with van der Waals surface area (Å²) in [6, 6.07) is 1.08. The number of aromatic nitrogens is 3. The van der Waals surface area contributed by atoms with Gasteiger partial charge in [-0.05, 0) is 22.9 Å². The van der Waals surface area contributed by atoms with Crippen LogP contribution in [0.25, 0.3) is 5.65 Å². The third-order valence-corrected chi connectivity index (χ3v) is 2.66. The molecule has 0 fully saturated rings. The fourth-order valence-electron chi connectivity index (χ4n) is 1.11. The molecular formula is C7H6BrN3O2. The van der Waals surface area contributed by atoms with E-state index in [1.165, 1.54) is 4.52 Å². The Bertz CT molecular complexity index is 528. The van der Waals surface area contributed by atoms with Gasteiger partial charge in [0.1, 0.15) is 0 Å². The highest BCUT2D eigenvalue weighted by molar-refractivity contribution is 9.10. The number of nitrogens with one attached hydrogen (secondary N) is 1. The van der Waals surface area contributed by atoms with E-state index in [4.69, 9.17) is 0 Å². The number of aromatic hydroxyl groups is 1. The van der Waals surface area contributed by atoms with Gasteiger partial charge in [-0.3, -0.25) is 4.79 Å². The molecule has 0 bridgehead atoms. The second-order valence-corrected chi connectivity index (χ2v) is 3.44. The maximum Gasteiger partial charge on any atom is 0.254 e. The van der Waals surface area contributed by atoms with E-state index >= 15 is 0 Å². The molecule has 5 nitrogen and oxygen atoms in total. The van der Waals surface area contributed by atoms with E-state index in [1.807, 2.05) is 0 Å². The molecule has 2 heterocycles. The van der Waals surface area contributed by atoms with Gasteiger partial charge in [-0.25, -0.2) is 0 Å². The number of aryl methyl sites for hydroxylation is 1. The second-order valence-electron chi connectivity index (χ2n) is 2.65. The van der Waals surface area contributed by atoms with Crippen LogP contribution in [0.5, 0.6) is 5.88 Å². The summed E-state index contributed by atoms with van der Waals surface area (Å²) in [7, 11) is 0. The van der Waals surface area contributed by atoms with Crippen molar-refractivity contribution in [1.82, 2.24) is 14.6 Å². The standard InChI is InChI=1S/C7H6BrN3O2/c1-3-6(8)7-9-4(12)2-5(13)11(7)10-3/h2,13H,1H3,(H,9,12). The summed E-state index contributed by atoms with van der Waals surface area (Å²) in [4.78, 5) is 13.5. The monoisotopic (exact) mass is 243 g/mol. The first-order chi connectivity index (χ1) is 6.09. The molecule has 68 valence electrons. The van der Waals surface area contributed by atoms with Crippen LogP contribution in [0.15, 0.2) is 15.3 Å². The number of H-pyrrole nitrogens is 1. The highest BCUT2D eigenvalue weighted by Crippen LogP contribution is 2.21. The van der Waals surface area contributed by atoms with E-state index in [-0.39, 0.29) is 11.4 Å². The van der Waals surface area contributed by atoms with Crippen LogP contribution in [-0.2, 0) is 0 Å². The molecule has 0 saturated heterocycles. The summed E-state index contributed by atoms with van der Waals surface area (Å²) in [6.45, 7) is 1.77. The lowest BCUT2D eigenvalue weighted by atomic mass is 10.5. The summed E-state index contributed by atoms with van der Waals surface area (Å²) in [6.07, 6.45) is 0. The molecule has 0 unspecified atom stereocenters. The molecule has 2 N–H and O–H groups in total. The van der Waals surface area contributed by atoms with Gasteiger partial charge in [-0.15, -0.1) is 0 Å². The van der Waals surface area contributed by atoms with E-state index in [1.54, 1.807) is 6.92 Å². The fraction of sp³-hybridized carbons (Fsp3) is 0.143. The van der Waals surface area contributed by atoms with Gasteiger partial charge >= 0.3 is 0 Å². The van der Waals surface area contributed by atoms with Crippen molar-refractivity contribution in [3.8, 4) is 5.88 Å². The van der Waals surface area contributed by atoms with Gasteiger partial charge < -0.3 is 10.1 Å². The van der Waals surface area contributed by atoms with Crippen molar-refractivity contribution in [2.75, 3.05) is 0 Å². The minimum absolute atomic E-state index is 0.174. The van der Waals surface area contributed by atoms with E-state index in [9.17, 15) is 9.90 Å². The first-order valence-electron chi connectivity index (χ1n) is 3.56. The third-order valence-electron chi connectivity index (χ3n) is 1.71. The zero-order chi connectivity index (χ0) is 9.59. The number of halogens is 1. The number of rotatable bonds is 0. The van der Waals surface area contributed by atoms with Gasteiger partial charge in [0.25, 0.3) is 5.56 Å².